The van der Waals surface area contributed by atoms with E-state index in [0.29, 0.717) is 24.6 Å². The molecule has 8 nitrogen and oxygen atoms in total. The number of piperazine rings is 1. The monoisotopic (exact) mass is 456 g/mol. The first-order chi connectivity index (χ1) is 15.6. The normalized spacial score (nSPS) is 14.5. The number of imidazole rings is 1. The Morgan fingerprint density at radius 3 is 2.56 bits per heavy atom. The summed E-state index contributed by atoms with van der Waals surface area (Å²) in [7, 11) is 5.23. The van der Waals surface area contributed by atoms with Gasteiger partial charge in [-0.05, 0) is 29.8 Å². The maximum absolute atomic E-state index is 12.9. The van der Waals surface area contributed by atoms with Crippen LogP contribution >= 0.6 is 11.8 Å². The second-order valence-electron chi connectivity index (χ2n) is 7.63. The first-order valence-electron chi connectivity index (χ1n) is 10.5. The average molecular weight is 457 g/mol. The van der Waals surface area contributed by atoms with Gasteiger partial charge in [-0.15, -0.1) is 0 Å². The molecule has 1 fully saturated rings. The van der Waals surface area contributed by atoms with Gasteiger partial charge in [0.05, 0.1) is 20.0 Å². The van der Waals surface area contributed by atoms with E-state index < -0.39 is 0 Å². The third-order valence-corrected chi connectivity index (χ3v) is 6.59. The van der Waals surface area contributed by atoms with Crippen molar-refractivity contribution in [2.45, 2.75) is 17.5 Å². The van der Waals surface area contributed by atoms with Crippen LogP contribution in [-0.4, -0.2) is 65.7 Å². The van der Waals surface area contributed by atoms with Crippen molar-refractivity contribution in [2.24, 2.45) is 7.05 Å². The van der Waals surface area contributed by atoms with Gasteiger partial charge in [-0.3, -0.25) is 9.69 Å². The predicted octanol–water partition coefficient (Wildman–Crippen LogP) is 3.28. The van der Waals surface area contributed by atoms with Crippen molar-refractivity contribution in [3.05, 3.63) is 59.8 Å². The summed E-state index contributed by atoms with van der Waals surface area (Å²) < 4.78 is 18.5. The summed E-state index contributed by atoms with van der Waals surface area (Å²) in [5.74, 6) is 3.21. The third kappa shape index (κ3) is 5.11. The Kier molecular flexibility index (Phi) is 7.06. The van der Waals surface area contributed by atoms with E-state index in [1.807, 2.05) is 47.0 Å². The molecule has 1 amide bonds. The number of nitrogens with zero attached hydrogens (tertiary/aromatic N) is 4. The van der Waals surface area contributed by atoms with E-state index >= 15 is 0 Å². The molecule has 0 N–H and O–H groups in total. The molecular weight excluding hydrogens is 428 g/mol. The maximum Gasteiger partial charge on any atom is 0.289 e. The summed E-state index contributed by atoms with van der Waals surface area (Å²) in [5.41, 5.74) is 1.16. The molecule has 32 heavy (non-hydrogen) atoms. The highest BCUT2D eigenvalue weighted by molar-refractivity contribution is 7.98. The largest absolute Gasteiger partial charge is 0.493 e. The molecule has 2 aromatic heterocycles. The van der Waals surface area contributed by atoms with Crippen LogP contribution in [0.3, 0.4) is 0 Å². The molecule has 0 atom stereocenters. The molecule has 170 valence electrons. The third-order valence-electron chi connectivity index (χ3n) is 5.51. The lowest BCUT2D eigenvalue weighted by Crippen LogP contribution is -2.48. The van der Waals surface area contributed by atoms with E-state index in [-0.39, 0.29) is 5.91 Å². The molecule has 0 spiro atoms. The van der Waals surface area contributed by atoms with Gasteiger partial charge >= 0.3 is 0 Å². The molecule has 1 aliphatic heterocycles. The van der Waals surface area contributed by atoms with Gasteiger partial charge in [-0.1, -0.05) is 17.8 Å². The zero-order valence-corrected chi connectivity index (χ0v) is 19.4. The van der Waals surface area contributed by atoms with Crippen LogP contribution in [-0.2, 0) is 19.3 Å². The standard InChI is InChI=1S/C23H28N4O4S/c1-25-9-8-24-23(25)32-16-18-5-7-20(31-18)22(28)27-12-10-26(11-13-27)15-17-4-6-19(29-2)21(14-17)30-3/h4-9,14H,10-13,15-16H2,1-3H3. The number of rotatable bonds is 8. The van der Waals surface area contributed by atoms with Gasteiger partial charge in [-0.2, -0.15) is 0 Å². The van der Waals surface area contributed by atoms with Crippen molar-refractivity contribution in [3.8, 4) is 11.5 Å². The number of aromatic nitrogens is 2. The highest BCUT2D eigenvalue weighted by Crippen LogP contribution is 2.28. The zero-order chi connectivity index (χ0) is 22.5. The highest BCUT2D eigenvalue weighted by atomic mass is 32.2. The quantitative estimate of drug-likeness (QED) is 0.482. The zero-order valence-electron chi connectivity index (χ0n) is 18.6. The molecule has 1 aliphatic rings. The Labute approximate surface area is 192 Å². The summed E-state index contributed by atoms with van der Waals surface area (Å²) in [5, 5.41) is 0.917. The molecule has 9 heteroatoms. The fraction of sp³-hybridized carbons (Fsp3) is 0.391. The van der Waals surface area contributed by atoms with Crippen molar-refractivity contribution in [3.63, 3.8) is 0 Å². The molecule has 1 saturated heterocycles. The second-order valence-corrected chi connectivity index (χ2v) is 8.58. The minimum atomic E-state index is -0.0518. The van der Waals surface area contributed by atoms with E-state index in [2.05, 4.69) is 9.88 Å². The van der Waals surface area contributed by atoms with Crippen LogP contribution in [0.2, 0.25) is 0 Å². The number of carbonyl (C=O) groups excluding carboxylic acids is 1. The Morgan fingerprint density at radius 2 is 1.88 bits per heavy atom. The minimum absolute atomic E-state index is 0.0518. The fourth-order valence-corrected chi connectivity index (χ4v) is 4.53. The van der Waals surface area contributed by atoms with E-state index in [9.17, 15) is 4.79 Å². The van der Waals surface area contributed by atoms with Gasteiger partial charge in [0.2, 0.25) is 0 Å². The Bertz CT molecular complexity index is 1060. The number of amides is 1. The number of methoxy groups -OCH3 is 2. The number of benzene rings is 1. The molecule has 1 aromatic carbocycles. The van der Waals surface area contributed by atoms with E-state index in [1.54, 1.807) is 38.2 Å². The van der Waals surface area contributed by atoms with Gasteiger partial charge in [0, 0.05) is 52.2 Å². The van der Waals surface area contributed by atoms with Crippen LogP contribution in [0, 0.1) is 0 Å². The smallest absolute Gasteiger partial charge is 0.289 e. The molecule has 4 rings (SSSR count). The topological polar surface area (TPSA) is 73.0 Å². The lowest BCUT2D eigenvalue weighted by molar-refractivity contribution is 0.0596. The van der Waals surface area contributed by atoms with Crippen LogP contribution in [0.5, 0.6) is 11.5 Å². The lowest BCUT2D eigenvalue weighted by Gasteiger charge is -2.34. The highest BCUT2D eigenvalue weighted by Gasteiger charge is 2.24. The van der Waals surface area contributed by atoms with Crippen molar-refractivity contribution in [1.29, 1.82) is 0 Å². The van der Waals surface area contributed by atoms with E-state index in [4.69, 9.17) is 13.9 Å². The van der Waals surface area contributed by atoms with Crippen LogP contribution < -0.4 is 9.47 Å². The Hall–Kier alpha value is -2.91. The molecule has 0 radical (unpaired) electrons. The number of thioether (sulfide) groups is 1. The van der Waals surface area contributed by atoms with Crippen LogP contribution in [0.4, 0.5) is 0 Å². The minimum Gasteiger partial charge on any atom is -0.493 e. The van der Waals surface area contributed by atoms with Gasteiger partial charge < -0.3 is 23.4 Å². The van der Waals surface area contributed by atoms with E-state index in [0.717, 1.165) is 47.6 Å². The average Bonchev–Trinajstić information content (AvgIpc) is 3.46. The molecule has 0 unspecified atom stereocenters. The maximum atomic E-state index is 12.9. The van der Waals surface area contributed by atoms with Gasteiger partial charge in [-0.25, -0.2) is 4.98 Å². The van der Waals surface area contributed by atoms with Gasteiger partial charge in [0.1, 0.15) is 5.76 Å². The number of hydrogen-bond acceptors (Lipinski definition) is 7. The Morgan fingerprint density at radius 1 is 1.09 bits per heavy atom. The second kappa shape index (κ2) is 10.1. The summed E-state index contributed by atoms with van der Waals surface area (Å²) in [6.07, 6.45) is 3.68. The first kappa shape index (κ1) is 22.3. The Balaban J connectivity index is 1.28. The molecule has 0 saturated carbocycles. The number of furan rings is 1. The molecule has 0 bridgehead atoms. The number of carbonyl (C=O) groups is 1. The van der Waals surface area contributed by atoms with Crippen LogP contribution in [0.25, 0.3) is 0 Å². The summed E-state index contributed by atoms with van der Waals surface area (Å²) in [6, 6.07) is 9.62. The number of ether oxygens (including phenoxy) is 2. The number of aryl methyl sites for hydroxylation is 1. The van der Waals surface area contributed by atoms with Crippen molar-refractivity contribution in [1.82, 2.24) is 19.4 Å². The molecule has 3 heterocycles. The van der Waals surface area contributed by atoms with E-state index in [1.165, 1.54) is 0 Å². The van der Waals surface area contributed by atoms with Gasteiger partial charge in [0.25, 0.3) is 5.91 Å². The molecular formula is C23H28N4O4S. The van der Waals surface area contributed by atoms with Gasteiger partial charge in [0.15, 0.2) is 22.4 Å². The first-order valence-corrected chi connectivity index (χ1v) is 11.5. The predicted molar refractivity (Wildman–Crippen MR) is 122 cm³/mol. The SMILES string of the molecule is COc1ccc(CN2CCN(C(=O)c3ccc(CSc4nccn4C)o3)CC2)cc1OC. The fourth-order valence-electron chi connectivity index (χ4n) is 3.70. The van der Waals surface area contributed by atoms with Crippen LogP contribution in [0.15, 0.2) is 52.3 Å². The summed E-state index contributed by atoms with van der Waals surface area (Å²) in [6.45, 7) is 3.76. The molecule has 0 aliphatic carbocycles. The van der Waals surface area contributed by atoms with Crippen LogP contribution in [0.1, 0.15) is 21.9 Å². The molecule has 3 aromatic rings. The van der Waals surface area contributed by atoms with Crippen molar-refractivity contribution < 1.29 is 18.7 Å². The van der Waals surface area contributed by atoms with Crippen molar-refractivity contribution in [2.75, 3.05) is 40.4 Å². The summed E-state index contributed by atoms with van der Waals surface area (Å²) >= 11 is 1.58. The lowest BCUT2D eigenvalue weighted by atomic mass is 10.1. The summed E-state index contributed by atoms with van der Waals surface area (Å²) in [4.78, 5) is 21.4. The van der Waals surface area contributed by atoms with Crippen molar-refractivity contribution >= 4 is 17.7 Å². The number of hydrogen-bond donors (Lipinski definition) is 0.